The molecule has 0 unspecified atom stereocenters. The van der Waals surface area contributed by atoms with Gasteiger partial charge in [-0.2, -0.15) is 0 Å². The number of rotatable bonds is 7. The predicted octanol–water partition coefficient (Wildman–Crippen LogP) is 5.73. The Morgan fingerprint density at radius 3 is 2.41 bits per heavy atom. The minimum Gasteiger partial charge on any atom is -0.493 e. The van der Waals surface area contributed by atoms with Gasteiger partial charge in [0.2, 0.25) is 0 Å². The molecule has 3 aromatic rings. The number of hydrogen-bond acceptors (Lipinski definition) is 3. The number of thioether (sulfide) groups is 1. The largest absolute Gasteiger partial charge is 0.493 e. The third-order valence-electron chi connectivity index (χ3n) is 4.11. The van der Waals surface area contributed by atoms with Crippen molar-refractivity contribution in [3.05, 3.63) is 89.5 Å². The number of nitrogens with one attached hydrogen (secondary N) is 1. The van der Waals surface area contributed by atoms with E-state index >= 15 is 0 Å². The van der Waals surface area contributed by atoms with E-state index in [1.54, 1.807) is 23.9 Å². The second-order valence-corrected chi connectivity index (χ2v) is 7.48. The van der Waals surface area contributed by atoms with Crippen LogP contribution in [0, 0.1) is 13.8 Å². The molecule has 0 bridgehead atoms. The SMILES string of the molecule is Cc1ccc(NC(=O)c2ccc(OCCSc3ccccc3)cc2)c(C)c1. The van der Waals surface area contributed by atoms with Crippen molar-refractivity contribution < 1.29 is 9.53 Å². The minimum atomic E-state index is -0.117. The average Bonchev–Trinajstić information content (AvgIpc) is 2.69. The monoisotopic (exact) mass is 377 g/mol. The van der Waals surface area contributed by atoms with E-state index in [9.17, 15) is 4.79 Å². The lowest BCUT2D eigenvalue weighted by molar-refractivity contribution is 0.102. The van der Waals surface area contributed by atoms with E-state index in [-0.39, 0.29) is 5.91 Å². The predicted molar refractivity (Wildman–Crippen MR) is 113 cm³/mol. The summed E-state index contributed by atoms with van der Waals surface area (Å²) in [5, 5.41) is 2.96. The minimum absolute atomic E-state index is 0.117. The summed E-state index contributed by atoms with van der Waals surface area (Å²) in [5.74, 6) is 1.53. The summed E-state index contributed by atoms with van der Waals surface area (Å²) in [6.45, 7) is 4.65. The van der Waals surface area contributed by atoms with Crippen molar-refractivity contribution in [3.63, 3.8) is 0 Å². The number of amides is 1. The van der Waals surface area contributed by atoms with Gasteiger partial charge in [0.1, 0.15) is 5.75 Å². The quantitative estimate of drug-likeness (QED) is 0.422. The highest BCUT2D eigenvalue weighted by Gasteiger charge is 2.08. The second kappa shape index (κ2) is 9.28. The number of benzene rings is 3. The van der Waals surface area contributed by atoms with E-state index in [1.165, 1.54) is 10.5 Å². The fraction of sp³-hybridized carbons (Fsp3) is 0.174. The highest BCUT2D eigenvalue weighted by molar-refractivity contribution is 7.99. The zero-order valence-corrected chi connectivity index (χ0v) is 16.4. The fourth-order valence-corrected chi connectivity index (χ4v) is 3.44. The van der Waals surface area contributed by atoms with Gasteiger partial charge < -0.3 is 10.1 Å². The molecule has 0 aliphatic heterocycles. The third-order valence-corrected chi connectivity index (χ3v) is 5.09. The van der Waals surface area contributed by atoms with Crippen molar-refractivity contribution in [2.45, 2.75) is 18.7 Å². The Balaban J connectivity index is 1.49. The maximum absolute atomic E-state index is 12.4. The van der Waals surface area contributed by atoms with Crippen molar-refractivity contribution in [2.24, 2.45) is 0 Å². The van der Waals surface area contributed by atoms with Crippen LogP contribution in [0.5, 0.6) is 5.75 Å². The van der Waals surface area contributed by atoms with Crippen molar-refractivity contribution in [2.75, 3.05) is 17.7 Å². The molecule has 0 aliphatic rings. The molecule has 0 saturated heterocycles. The van der Waals surface area contributed by atoms with E-state index in [0.717, 1.165) is 22.8 Å². The van der Waals surface area contributed by atoms with Gasteiger partial charge in [-0.1, -0.05) is 35.9 Å². The first-order valence-corrected chi connectivity index (χ1v) is 9.90. The van der Waals surface area contributed by atoms with Crippen LogP contribution in [-0.4, -0.2) is 18.3 Å². The van der Waals surface area contributed by atoms with Crippen LogP contribution in [0.1, 0.15) is 21.5 Å². The molecule has 0 atom stereocenters. The third kappa shape index (κ3) is 5.63. The van der Waals surface area contributed by atoms with Crippen LogP contribution in [0.15, 0.2) is 77.7 Å². The molecule has 0 saturated carbocycles. The number of aryl methyl sites for hydroxylation is 2. The molecule has 138 valence electrons. The second-order valence-electron chi connectivity index (χ2n) is 6.31. The van der Waals surface area contributed by atoms with E-state index < -0.39 is 0 Å². The summed E-state index contributed by atoms with van der Waals surface area (Å²) in [7, 11) is 0. The van der Waals surface area contributed by atoms with Crippen LogP contribution in [-0.2, 0) is 0 Å². The van der Waals surface area contributed by atoms with Gasteiger partial charge in [0.05, 0.1) is 6.61 Å². The van der Waals surface area contributed by atoms with Gasteiger partial charge in [-0.05, 0) is 61.9 Å². The number of ether oxygens (including phenoxy) is 1. The van der Waals surface area contributed by atoms with Crippen LogP contribution in [0.3, 0.4) is 0 Å². The van der Waals surface area contributed by atoms with Crippen LogP contribution in [0.4, 0.5) is 5.69 Å². The summed E-state index contributed by atoms with van der Waals surface area (Å²) in [4.78, 5) is 13.7. The van der Waals surface area contributed by atoms with Gasteiger partial charge in [0.25, 0.3) is 5.91 Å². The number of anilines is 1. The van der Waals surface area contributed by atoms with Gasteiger partial charge in [-0.3, -0.25) is 4.79 Å². The molecular weight excluding hydrogens is 354 g/mol. The van der Waals surface area contributed by atoms with Gasteiger partial charge in [-0.15, -0.1) is 11.8 Å². The van der Waals surface area contributed by atoms with E-state index in [1.807, 2.05) is 56.3 Å². The zero-order chi connectivity index (χ0) is 19.1. The molecule has 1 N–H and O–H groups in total. The van der Waals surface area contributed by atoms with Crippen molar-refractivity contribution in [3.8, 4) is 5.75 Å². The average molecular weight is 378 g/mol. The topological polar surface area (TPSA) is 38.3 Å². The van der Waals surface area contributed by atoms with Crippen molar-refractivity contribution in [1.82, 2.24) is 0 Å². The smallest absolute Gasteiger partial charge is 0.255 e. The summed E-state index contributed by atoms with van der Waals surface area (Å²) >= 11 is 1.76. The molecule has 0 aliphatic carbocycles. The Bertz CT molecular complexity index is 892. The molecule has 0 aromatic heterocycles. The molecule has 0 spiro atoms. The highest BCUT2D eigenvalue weighted by Crippen LogP contribution is 2.20. The highest BCUT2D eigenvalue weighted by atomic mass is 32.2. The molecule has 3 nitrogen and oxygen atoms in total. The van der Waals surface area contributed by atoms with Gasteiger partial charge in [-0.25, -0.2) is 0 Å². The first-order valence-electron chi connectivity index (χ1n) is 8.91. The van der Waals surface area contributed by atoms with Crippen LogP contribution in [0.2, 0.25) is 0 Å². The number of carbonyl (C=O) groups is 1. The van der Waals surface area contributed by atoms with Crippen LogP contribution in [0.25, 0.3) is 0 Å². The lowest BCUT2D eigenvalue weighted by atomic mass is 10.1. The summed E-state index contributed by atoms with van der Waals surface area (Å²) in [6.07, 6.45) is 0. The molecule has 1 amide bonds. The fourth-order valence-electron chi connectivity index (χ4n) is 2.69. The normalized spacial score (nSPS) is 10.4. The Morgan fingerprint density at radius 2 is 1.70 bits per heavy atom. The first-order chi connectivity index (χ1) is 13.1. The van der Waals surface area contributed by atoms with E-state index in [2.05, 4.69) is 23.5 Å². The summed E-state index contributed by atoms with van der Waals surface area (Å²) in [5.41, 5.74) is 3.68. The Labute approximate surface area is 164 Å². The lowest BCUT2D eigenvalue weighted by Gasteiger charge is -2.10. The van der Waals surface area contributed by atoms with Crippen LogP contribution >= 0.6 is 11.8 Å². The maximum atomic E-state index is 12.4. The Hall–Kier alpha value is -2.72. The first kappa shape index (κ1) is 19.1. The molecular formula is C23H23NO2S. The van der Waals surface area contributed by atoms with Crippen LogP contribution < -0.4 is 10.1 Å². The molecule has 3 aromatic carbocycles. The number of hydrogen-bond donors (Lipinski definition) is 1. The zero-order valence-electron chi connectivity index (χ0n) is 15.6. The molecule has 4 heteroatoms. The molecule has 3 rings (SSSR count). The van der Waals surface area contributed by atoms with E-state index in [4.69, 9.17) is 4.74 Å². The molecule has 0 fully saturated rings. The lowest BCUT2D eigenvalue weighted by Crippen LogP contribution is -2.12. The number of carbonyl (C=O) groups excluding carboxylic acids is 1. The summed E-state index contributed by atoms with van der Waals surface area (Å²) in [6, 6.07) is 23.5. The Morgan fingerprint density at radius 1 is 0.963 bits per heavy atom. The van der Waals surface area contributed by atoms with E-state index in [0.29, 0.717) is 12.2 Å². The van der Waals surface area contributed by atoms with Gasteiger partial charge in [0, 0.05) is 21.9 Å². The molecule has 0 heterocycles. The van der Waals surface area contributed by atoms with Crippen molar-refractivity contribution in [1.29, 1.82) is 0 Å². The summed E-state index contributed by atoms with van der Waals surface area (Å²) < 4.78 is 5.76. The Kier molecular flexibility index (Phi) is 6.55. The van der Waals surface area contributed by atoms with Gasteiger partial charge >= 0.3 is 0 Å². The van der Waals surface area contributed by atoms with Crippen molar-refractivity contribution >= 4 is 23.4 Å². The molecule has 27 heavy (non-hydrogen) atoms. The van der Waals surface area contributed by atoms with Gasteiger partial charge in [0.15, 0.2) is 0 Å². The maximum Gasteiger partial charge on any atom is 0.255 e. The molecule has 0 radical (unpaired) electrons. The standard InChI is InChI=1S/C23H23NO2S/c1-17-8-13-22(18(2)16-17)24-23(25)19-9-11-20(12-10-19)26-14-15-27-21-6-4-3-5-7-21/h3-13,16H,14-15H2,1-2H3,(H,24,25).